The van der Waals surface area contributed by atoms with Crippen LogP contribution in [0.25, 0.3) is 0 Å². The van der Waals surface area contributed by atoms with Crippen LogP contribution in [0.1, 0.15) is 24.3 Å². The maximum atomic E-state index is 12.1. The molecule has 1 aromatic heterocycles. The number of methoxy groups -OCH3 is 1. The Morgan fingerprint density at radius 1 is 1.50 bits per heavy atom. The molecule has 0 spiro atoms. The summed E-state index contributed by atoms with van der Waals surface area (Å²) in [5, 5.41) is 3.18. The number of nitrogens with zero attached hydrogens (tertiary/aromatic N) is 2. The fourth-order valence-electron chi connectivity index (χ4n) is 1.46. The van der Waals surface area contributed by atoms with Gasteiger partial charge in [-0.1, -0.05) is 6.07 Å². The molecule has 0 atom stereocenters. The number of carbonyl (C=O) groups excluding carboxylic acids is 1. The fourth-order valence-corrected chi connectivity index (χ4v) is 1.46. The van der Waals surface area contributed by atoms with Crippen molar-refractivity contribution in [3.8, 4) is 0 Å². The lowest BCUT2D eigenvalue weighted by molar-refractivity contribution is 0.0738. The van der Waals surface area contributed by atoms with Crippen LogP contribution < -0.4 is 5.32 Å². The van der Waals surface area contributed by atoms with E-state index < -0.39 is 0 Å². The lowest BCUT2D eigenvalue weighted by atomic mass is 10.3. The number of pyridine rings is 1. The number of nitrogens with one attached hydrogen (secondary N) is 1. The van der Waals surface area contributed by atoms with E-state index in [4.69, 9.17) is 4.74 Å². The first kappa shape index (κ1) is 14.4. The molecule has 0 saturated heterocycles. The number of aromatic nitrogens is 1. The van der Waals surface area contributed by atoms with Gasteiger partial charge in [0.1, 0.15) is 11.5 Å². The molecule has 18 heavy (non-hydrogen) atoms. The van der Waals surface area contributed by atoms with E-state index in [1.165, 1.54) is 0 Å². The summed E-state index contributed by atoms with van der Waals surface area (Å²) >= 11 is 0. The number of ether oxygens (including phenoxy) is 1. The molecular weight excluding hydrogens is 230 g/mol. The van der Waals surface area contributed by atoms with Crippen molar-refractivity contribution in [3.63, 3.8) is 0 Å². The van der Waals surface area contributed by atoms with Gasteiger partial charge in [-0.05, 0) is 26.0 Å². The van der Waals surface area contributed by atoms with Gasteiger partial charge in [-0.15, -0.1) is 0 Å². The summed E-state index contributed by atoms with van der Waals surface area (Å²) in [6, 6.07) is 5.69. The summed E-state index contributed by atoms with van der Waals surface area (Å²) in [6.45, 7) is 5.13. The quantitative estimate of drug-likeness (QED) is 0.834. The van der Waals surface area contributed by atoms with Crippen molar-refractivity contribution in [1.82, 2.24) is 9.88 Å². The van der Waals surface area contributed by atoms with Gasteiger partial charge in [-0.2, -0.15) is 0 Å². The Kier molecular flexibility index (Phi) is 5.58. The Morgan fingerprint density at radius 3 is 2.83 bits per heavy atom. The molecule has 1 N–H and O–H groups in total. The van der Waals surface area contributed by atoms with Crippen LogP contribution in [0.15, 0.2) is 18.2 Å². The van der Waals surface area contributed by atoms with E-state index in [-0.39, 0.29) is 11.9 Å². The highest BCUT2D eigenvalue weighted by Crippen LogP contribution is 2.08. The van der Waals surface area contributed by atoms with Crippen LogP contribution in [-0.4, -0.2) is 49.1 Å². The standard InChI is InChI=1S/C13H21N3O2/c1-10(2)14-12-7-5-6-11(15-12)13(17)16(3)8-9-18-4/h5-7,10H,8-9H2,1-4H3,(H,14,15). The van der Waals surface area contributed by atoms with E-state index >= 15 is 0 Å². The molecule has 1 amide bonds. The lowest BCUT2D eigenvalue weighted by Gasteiger charge is -2.17. The maximum absolute atomic E-state index is 12.1. The first-order valence-corrected chi connectivity index (χ1v) is 6.02. The monoisotopic (exact) mass is 251 g/mol. The molecule has 1 heterocycles. The van der Waals surface area contributed by atoms with Gasteiger partial charge in [0.25, 0.3) is 5.91 Å². The normalized spacial score (nSPS) is 10.5. The van der Waals surface area contributed by atoms with Gasteiger partial charge < -0.3 is 15.0 Å². The topological polar surface area (TPSA) is 54.5 Å². The SMILES string of the molecule is COCCN(C)C(=O)c1cccc(NC(C)C)n1. The number of hydrogen-bond donors (Lipinski definition) is 1. The Hall–Kier alpha value is -1.62. The van der Waals surface area contributed by atoms with E-state index in [2.05, 4.69) is 10.3 Å². The smallest absolute Gasteiger partial charge is 0.272 e. The van der Waals surface area contributed by atoms with E-state index in [0.29, 0.717) is 18.8 Å². The first-order chi connectivity index (χ1) is 8.54. The van der Waals surface area contributed by atoms with Crippen LogP contribution in [0.3, 0.4) is 0 Å². The fraction of sp³-hybridized carbons (Fsp3) is 0.538. The third-order valence-electron chi connectivity index (χ3n) is 2.38. The molecule has 1 aromatic rings. The summed E-state index contributed by atoms with van der Waals surface area (Å²) in [6.07, 6.45) is 0. The van der Waals surface area contributed by atoms with Gasteiger partial charge in [0.2, 0.25) is 0 Å². The molecule has 0 aliphatic heterocycles. The third-order valence-corrected chi connectivity index (χ3v) is 2.38. The zero-order valence-electron chi connectivity index (χ0n) is 11.4. The summed E-state index contributed by atoms with van der Waals surface area (Å²) in [5.41, 5.74) is 0.444. The van der Waals surface area contributed by atoms with E-state index in [0.717, 1.165) is 5.82 Å². The molecule has 0 aliphatic rings. The van der Waals surface area contributed by atoms with Gasteiger partial charge in [0.05, 0.1) is 6.61 Å². The van der Waals surface area contributed by atoms with Gasteiger partial charge in [0, 0.05) is 26.7 Å². The Morgan fingerprint density at radius 2 is 2.22 bits per heavy atom. The summed E-state index contributed by atoms with van der Waals surface area (Å²) in [7, 11) is 3.36. The predicted molar refractivity (Wildman–Crippen MR) is 71.8 cm³/mol. The molecule has 5 heteroatoms. The minimum atomic E-state index is -0.0977. The van der Waals surface area contributed by atoms with Gasteiger partial charge in [-0.25, -0.2) is 4.98 Å². The van der Waals surface area contributed by atoms with Gasteiger partial charge in [0.15, 0.2) is 0 Å². The second kappa shape index (κ2) is 6.96. The van der Waals surface area contributed by atoms with Crippen molar-refractivity contribution in [2.75, 3.05) is 32.6 Å². The molecule has 1 rings (SSSR count). The van der Waals surface area contributed by atoms with Crippen LogP contribution in [0.4, 0.5) is 5.82 Å². The molecule has 0 radical (unpaired) electrons. The van der Waals surface area contributed by atoms with Crippen LogP contribution >= 0.6 is 0 Å². The maximum Gasteiger partial charge on any atom is 0.272 e. The highest BCUT2D eigenvalue weighted by atomic mass is 16.5. The molecule has 100 valence electrons. The van der Waals surface area contributed by atoms with Gasteiger partial charge >= 0.3 is 0 Å². The average Bonchev–Trinajstić information content (AvgIpc) is 2.34. The van der Waals surface area contributed by atoms with Crippen molar-refractivity contribution in [2.24, 2.45) is 0 Å². The molecule has 0 unspecified atom stereocenters. The van der Waals surface area contributed by atoms with Crippen molar-refractivity contribution in [3.05, 3.63) is 23.9 Å². The zero-order chi connectivity index (χ0) is 13.5. The molecule has 5 nitrogen and oxygen atoms in total. The van der Waals surface area contributed by atoms with Crippen LogP contribution in [0, 0.1) is 0 Å². The van der Waals surface area contributed by atoms with Crippen molar-refractivity contribution >= 4 is 11.7 Å². The largest absolute Gasteiger partial charge is 0.383 e. The number of hydrogen-bond acceptors (Lipinski definition) is 4. The number of likely N-dealkylation sites (N-methyl/N-ethyl adjacent to an activating group) is 1. The highest BCUT2D eigenvalue weighted by molar-refractivity contribution is 5.92. The van der Waals surface area contributed by atoms with Crippen LogP contribution in [0.5, 0.6) is 0 Å². The van der Waals surface area contributed by atoms with E-state index in [9.17, 15) is 4.79 Å². The molecule has 0 fully saturated rings. The molecular formula is C13H21N3O2. The van der Waals surface area contributed by atoms with Crippen molar-refractivity contribution in [2.45, 2.75) is 19.9 Å². The minimum Gasteiger partial charge on any atom is -0.383 e. The van der Waals surface area contributed by atoms with Crippen molar-refractivity contribution < 1.29 is 9.53 Å². The zero-order valence-corrected chi connectivity index (χ0v) is 11.4. The lowest BCUT2D eigenvalue weighted by Crippen LogP contribution is -2.30. The number of anilines is 1. The number of rotatable bonds is 6. The number of carbonyl (C=O) groups is 1. The Balaban J connectivity index is 2.73. The second-order valence-corrected chi connectivity index (χ2v) is 4.43. The molecule has 0 aromatic carbocycles. The Bertz CT molecular complexity index is 394. The highest BCUT2D eigenvalue weighted by Gasteiger charge is 2.13. The minimum absolute atomic E-state index is 0.0977. The molecule has 0 saturated carbocycles. The van der Waals surface area contributed by atoms with Crippen LogP contribution in [-0.2, 0) is 4.74 Å². The number of amides is 1. The summed E-state index contributed by atoms with van der Waals surface area (Å²) < 4.78 is 4.95. The summed E-state index contributed by atoms with van der Waals surface area (Å²) in [5.74, 6) is 0.621. The predicted octanol–water partition coefficient (Wildman–Crippen LogP) is 1.62. The molecule has 0 aliphatic carbocycles. The summed E-state index contributed by atoms with van der Waals surface area (Å²) in [4.78, 5) is 18.0. The van der Waals surface area contributed by atoms with Gasteiger partial charge in [-0.3, -0.25) is 4.79 Å². The Labute approximate surface area is 108 Å². The third kappa shape index (κ3) is 4.33. The van der Waals surface area contributed by atoms with Crippen molar-refractivity contribution in [1.29, 1.82) is 0 Å². The average molecular weight is 251 g/mol. The second-order valence-electron chi connectivity index (χ2n) is 4.43. The molecule has 0 bridgehead atoms. The first-order valence-electron chi connectivity index (χ1n) is 6.02. The van der Waals surface area contributed by atoms with E-state index in [1.807, 2.05) is 26.0 Å². The van der Waals surface area contributed by atoms with E-state index in [1.54, 1.807) is 25.1 Å². The van der Waals surface area contributed by atoms with Crippen LogP contribution in [0.2, 0.25) is 0 Å².